The molecule has 0 atom stereocenters. The monoisotopic (exact) mass is 296 g/mol. The molecule has 0 heterocycles. The van der Waals surface area contributed by atoms with Crippen LogP contribution in [0.3, 0.4) is 0 Å². The van der Waals surface area contributed by atoms with Gasteiger partial charge in [-0.3, -0.25) is 0 Å². The van der Waals surface area contributed by atoms with E-state index in [-0.39, 0.29) is 12.4 Å². The Balaban J connectivity index is 0.000001000. The maximum absolute atomic E-state index is 8.39. The minimum Gasteiger partial charge on any atom is -1.00 e. The highest BCUT2D eigenvalue weighted by Crippen LogP contribution is 2.27. The largest absolute Gasteiger partial charge is 1.00 e. The van der Waals surface area contributed by atoms with Crippen LogP contribution < -0.4 is 12.4 Å². The van der Waals surface area contributed by atoms with Crippen molar-refractivity contribution < 1.29 is 12.4 Å². The Morgan fingerprint density at radius 2 is 1.91 bits per heavy atom. The fourth-order valence-corrected chi connectivity index (χ4v) is 1.69. The molecule has 1 aromatic carbocycles. The molecular formula is C6H3Br2ClN2. The van der Waals surface area contributed by atoms with Crippen LogP contribution in [0.2, 0.25) is 0 Å². The van der Waals surface area contributed by atoms with Gasteiger partial charge in [0.25, 0.3) is 0 Å². The third-order valence-corrected chi connectivity index (χ3v) is 2.15. The molecule has 0 N–H and O–H groups in total. The molecule has 1 aromatic rings. The molecule has 2 nitrogen and oxygen atoms in total. The van der Waals surface area contributed by atoms with Gasteiger partial charge >= 0.3 is 5.69 Å². The summed E-state index contributed by atoms with van der Waals surface area (Å²) in [6.45, 7) is 0. The zero-order chi connectivity index (χ0) is 7.56. The Morgan fingerprint density at radius 3 is 2.36 bits per heavy atom. The van der Waals surface area contributed by atoms with Crippen molar-refractivity contribution >= 4 is 37.5 Å². The summed E-state index contributed by atoms with van der Waals surface area (Å²) in [4.78, 5) is 3.04. The van der Waals surface area contributed by atoms with Crippen molar-refractivity contribution in [2.75, 3.05) is 0 Å². The highest BCUT2D eigenvalue weighted by Gasteiger charge is 2.09. The molecule has 0 aliphatic heterocycles. The summed E-state index contributed by atoms with van der Waals surface area (Å²) in [7, 11) is 0. The predicted octanol–water partition coefficient (Wildman–Crippen LogP) is 0.700. The van der Waals surface area contributed by atoms with Crippen molar-refractivity contribution in [3.05, 3.63) is 32.1 Å². The first kappa shape index (κ1) is 10.9. The lowest BCUT2D eigenvalue weighted by molar-refractivity contribution is -0.00000200. The third kappa shape index (κ3) is 2.78. The Labute approximate surface area is 87.3 Å². The molecule has 0 saturated carbocycles. The van der Waals surface area contributed by atoms with E-state index in [0.717, 1.165) is 8.95 Å². The van der Waals surface area contributed by atoms with Crippen molar-refractivity contribution in [1.29, 1.82) is 5.39 Å². The summed E-state index contributed by atoms with van der Waals surface area (Å²) in [6.07, 6.45) is 0. The van der Waals surface area contributed by atoms with Crippen LogP contribution in [0.15, 0.2) is 27.1 Å². The Kier molecular flexibility index (Phi) is 4.66. The quantitative estimate of drug-likeness (QED) is 0.648. The SMILES string of the molecule is N#[N+]c1ccc(Br)cc1Br.[Cl-]. The average molecular weight is 298 g/mol. The molecule has 0 radical (unpaired) electrons. The van der Waals surface area contributed by atoms with Crippen molar-refractivity contribution in [1.82, 2.24) is 0 Å². The summed E-state index contributed by atoms with van der Waals surface area (Å²) < 4.78 is 1.72. The Bertz CT molecular complexity index is 295. The van der Waals surface area contributed by atoms with E-state index in [0.29, 0.717) is 5.69 Å². The molecule has 0 fully saturated rings. The topological polar surface area (TPSA) is 28.1 Å². The van der Waals surface area contributed by atoms with Gasteiger partial charge in [0.05, 0.1) is 0 Å². The van der Waals surface area contributed by atoms with Crippen LogP contribution in [-0.4, -0.2) is 0 Å². The summed E-state index contributed by atoms with van der Waals surface area (Å²) in [6, 6.07) is 5.32. The Morgan fingerprint density at radius 1 is 1.27 bits per heavy atom. The lowest BCUT2D eigenvalue weighted by atomic mass is 10.3. The molecular weight excluding hydrogens is 295 g/mol. The second-order valence-electron chi connectivity index (χ2n) is 1.70. The van der Waals surface area contributed by atoms with Gasteiger partial charge in [0.1, 0.15) is 4.47 Å². The molecule has 0 bridgehead atoms. The number of diazo groups is 1. The van der Waals surface area contributed by atoms with E-state index in [1.54, 1.807) is 12.1 Å². The summed E-state index contributed by atoms with van der Waals surface area (Å²) in [5, 5.41) is 8.39. The smallest absolute Gasteiger partial charge is 0.399 e. The van der Waals surface area contributed by atoms with Gasteiger partial charge in [-0.15, -0.1) is 0 Å². The highest BCUT2D eigenvalue weighted by molar-refractivity contribution is 9.11. The van der Waals surface area contributed by atoms with Gasteiger partial charge in [-0.1, -0.05) is 15.9 Å². The van der Waals surface area contributed by atoms with E-state index < -0.39 is 0 Å². The number of rotatable bonds is 0. The maximum Gasteiger partial charge on any atom is 0.399 e. The summed E-state index contributed by atoms with van der Waals surface area (Å²) in [5.74, 6) is 0. The summed E-state index contributed by atoms with van der Waals surface area (Å²) >= 11 is 6.50. The standard InChI is InChI=1S/C6H3Br2N2.ClH/c7-4-1-2-6(10-9)5(8)3-4;/h1-3H;1H/q+1;/p-1. The van der Waals surface area contributed by atoms with Crippen molar-refractivity contribution in [3.63, 3.8) is 0 Å². The second-order valence-corrected chi connectivity index (χ2v) is 3.47. The molecule has 0 aromatic heterocycles. The lowest BCUT2D eigenvalue weighted by Crippen LogP contribution is -3.00. The molecule has 0 aliphatic rings. The van der Waals surface area contributed by atoms with E-state index >= 15 is 0 Å². The highest BCUT2D eigenvalue weighted by atomic mass is 79.9. The van der Waals surface area contributed by atoms with Crippen LogP contribution in [0.5, 0.6) is 0 Å². The van der Waals surface area contributed by atoms with Crippen LogP contribution in [0.1, 0.15) is 0 Å². The zero-order valence-corrected chi connectivity index (χ0v) is 9.19. The Hall–Kier alpha value is -0.110. The van der Waals surface area contributed by atoms with E-state index in [4.69, 9.17) is 5.39 Å². The molecule has 0 aliphatic carbocycles. The van der Waals surface area contributed by atoms with Crippen LogP contribution in [0.25, 0.3) is 4.98 Å². The first-order valence-corrected chi connectivity index (χ1v) is 4.13. The van der Waals surface area contributed by atoms with Crippen LogP contribution in [0, 0.1) is 5.39 Å². The first-order chi connectivity index (χ1) is 4.74. The van der Waals surface area contributed by atoms with Gasteiger partial charge in [0.2, 0.25) is 5.39 Å². The van der Waals surface area contributed by atoms with Gasteiger partial charge in [-0.2, -0.15) is 0 Å². The minimum absolute atomic E-state index is 0. The third-order valence-electron chi connectivity index (χ3n) is 1.02. The second kappa shape index (κ2) is 4.70. The number of nitrogens with zero attached hydrogens (tertiary/aromatic N) is 2. The van der Waals surface area contributed by atoms with Crippen molar-refractivity contribution in [2.45, 2.75) is 0 Å². The van der Waals surface area contributed by atoms with Gasteiger partial charge < -0.3 is 12.4 Å². The molecule has 0 unspecified atom stereocenters. The molecule has 58 valence electrons. The van der Waals surface area contributed by atoms with E-state index in [1.165, 1.54) is 0 Å². The maximum atomic E-state index is 8.39. The first-order valence-electron chi connectivity index (χ1n) is 2.54. The molecule has 5 heteroatoms. The summed E-state index contributed by atoms with van der Waals surface area (Å²) in [5.41, 5.74) is 0.531. The van der Waals surface area contributed by atoms with Gasteiger partial charge in [-0.05, 0) is 28.1 Å². The predicted molar refractivity (Wildman–Crippen MR) is 46.6 cm³/mol. The molecule has 11 heavy (non-hydrogen) atoms. The van der Waals surface area contributed by atoms with E-state index in [9.17, 15) is 0 Å². The van der Waals surface area contributed by atoms with Gasteiger partial charge in [0, 0.05) is 10.5 Å². The average Bonchev–Trinajstić information content (AvgIpc) is 1.88. The van der Waals surface area contributed by atoms with Crippen LogP contribution in [0.4, 0.5) is 5.69 Å². The minimum atomic E-state index is 0. The number of hydrogen-bond donors (Lipinski definition) is 0. The number of hydrogen-bond acceptors (Lipinski definition) is 1. The lowest BCUT2D eigenvalue weighted by Gasteiger charge is -1.85. The van der Waals surface area contributed by atoms with E-state index in [1.807, 2.05) is 6.07 Å². The fraction of sp³-hybridized carbons (Fsp3) is 0. The van der Waals surface area contributed by atoms with Crippen LogP contribution in [-0.2, 0) is 0 Å². The molecule has 0 spiro atoms. The van der Waals surface area contributed by atoms with Gasteiger partial charge in [-0.25, -0.2) is 0 Å². The zero-order valence-electron chi connectivity index (χ0n) is 5.26. The molecule has 0 amide bonds. The van der Waals surface area contributed by atoms with Crippen LogP contribution >= 0.6 is 31.9 Å². The van der Waals surface area contributed by atoms with Crippen molar-refractivity contribution in [2.24, 2.45) is 0 Å². The number of halogens is 3. The normalized spacial score (nSPS) is 8.09. The van der Waals surface area contributed by atoms with Crippen molar-refractivity contribution in [3.8, 4) is 0 Å². The van der Waals surface area contributed by atoms with E-state index in [2.05, 4.69) is 36.8 Å². The number of benzene rings is 1. The van der Waals surface area contributed by atoms with Gasteiger partial charge in [0.15, 0.2) is 4.98 Å². The molecule has 0 saturated heterocycles. The molecule has 1 rings (SSSR count). The fourth-order valence-electron chi connectivity index (χ4n) is 0.562.